The van der Waals surface area contributed by atoms with Gasteiger partial charge in [-0.05, 0) is 18.2 Å². The maximum absolute atomic E-state index is 13.0. The van der Waals surface area contributed by atoms with E-state index in [1.54, 1.807) is 6.20 Å². The van der Waals surface area contributed by atoms with Gasteiger partial charge in [0.15, 0.2) is 4.90 Å². The Labute approximate surface area is 178 Å². The number of pyridine rings is 1. The number of benzene rings is 2. The van der Waals surface area contributed by atoms with E-state index in [0.29, 0.717) is 24.7 Å². The summed E-state index contributed by atoms with van der Waals surface area (Å²) in [6.45, 7) is 2.00. The third-order valence-electron chi connectivity index (χ3n) is 5.22. The average Bonchev–Trinajstić information content (AvgIpc) is 2.76. The van der Waals surface area contributed by atoms with E-state index in [-0.39, 0.29) is 18.0 Å². The molecule has 1 saturated heterocycles. The minimum absolute atomic E-state index is 0.240. The van der Waals surface area contributed by atoms with Gasteiger partial charge in [0, 0.05) is 61.0 Å². The Morgan fingerprint density at radius 3 is 2.50 bits per heavy atom. The van der Waals surface area contributed by atoms with Gasteiger partial charge < -0.3 is 0 Å². The second-order valence-corrected chi connectivity index (χ2v) is 9.32. The molecule has 2 heterocycles. The van der Waals surface area contributed by atoms with Crippen molar-refractivity contribution >= 4 is 38.2 Å². The van der Waals surface area contributed by atoms with Gasteiger partial charge in [-0.15, -0.1) is 0 Å². The van der Waals surface area contributed by atoms with Gasteiger partial charge in [0.05, 0.1) is 10.4 Å². The number of nitro groups is 1. The fourth-order valence-electron chi connectivity index (χ4n) is 3.65. The predicted molar refractivity (Wildman–Crippen MR) is 114 cm³/mol. The first kappa shape index (κ1) is 20.7. The molecule has 1 fully saturated rings. The first-order valence-corrected chi connectivity index (χ1v) is 11.2. The topological polar surface area (TPSA) is 96.6 Å². The fraction of sp³-hybridized carbons (Fsp3) is 0.250. The van der Waals surface area contributed by atoms with Gasteiger partial charge in [0.2, 0.25) is 10.0 Å². The summed E-state index contributed by atoms with van der Waals surface area (Å²) in [6, 6.07) is 13.0. The highest BCUT2D eigenvalue weighted by Crippen LogP contribution is 2.29. The van der Waals surface area contributed by atoms with Crippen molar-refractivity contribution in [2.24, 2.45) is 0 Å². The number of sulfonamides is 1. The molecule has 1 aliphatic heterocycles. The van der Waals surface area contributed by atoms with E-state index in [4.69, 9.17) is 11.6 Å². The van der Waals surface area contributed by atoms with Gasteiger partial charge in [-0.25, -0.2) is 8.42 Å². The van der Waals surface area contributed by atoms with Crippen LogP contribution in [0, 0.1) is 10.1 Å². The standard InChI is InChI=1S/C20H19ClN4O4S/c21-17-8-7-15-4-3-9-22-20(15)16(17)14-23-10-12-24(13-11-23)30(28,29)19-6-2-1-5-18(19)25(26)27/h1-9H,10-14H2. The molecule has 0 unspecified atom stereocenters. The van der Waals surface area contributed by atoms with Crippen LogP contribution in [0.5, 0.6) is 0 Å². The second kappa shape index (κ2) is 8.27. The highest BCUT2D eigenvalue weighted by molar-refractivity contribution is 7.89. The van der Waals surface area contributed by atoms with Gasteiger partial charge in [0.25, 0.3) is 5.69 Å². The second-order valence-electron chi connectivity index (χ2n) is 7.01. The Bertz CT molecular complexity index is 1210. The van der Waals surface area contributed by atoms with Crippen LogP contribution in [-0.4, -0.2) is 53.7 Å². The summed E-state index contributed by atoms with van der Waals surface area (Å²) in [5, 5.41) is 12.9. The fourth-order valence-corrected chi connectivity index (χ4v) is 5.44. The van der Waals surface area contributed by atoms with Gasteiger partial charge in [0.1, 0.15) is 0 Å². The normalized spacial score (nSPS) is 16.0. The Morgan fingerprint density at radius 2 is 1.77 bits per heavy atom. The van der Waals surface area contributed by atoms with E-state index in [9.17, 15) is 18.5 Å². The highest BCUT2D eigenvalue weighted by atomic mass is 35.5. The van der Waals surface area contributed by atoms with Crippen LogP contribution in [0.1, 0.15) is 5.56 Å². The lowest BCUT2D eigenvalue weighted by Gasteiger charge is -2.34. The van der Waals surface area contributed by atoms with E-state index in [0.717, 1.165) is 16.5 Å². The number of piperazine rings is 1. The predicted octanol–water partition coefficient (Wildman–Crippen LogP) is 3.30. The molecule has 1 aliphatic rings. The van der Waals surface area contributed by atoms with Gasteiger partial charge >= 0.3 is 0 Å². The van der Waals surface area contributed by atoms with Gasteiger partial charge in [-0.3, -0.25) is 20.0 Å². The van der Waals surface area contributed by atoms with Crippen LogP contribution in [0.4, 0.5) is 5.69 Å². The minimum Gasteiger partial charge on any atom is -0.296 e. The third-order valence-corrected chi connectivity index (χ3v) is 7.52. The van der Waals surface area contributed by atoms with Crippen LogP contribution in [0.25, 0.3) is 10.9 Å². The van der Waals surface area contributed by atoms with Crippen LogP contribution < -0.4 is 0 Å². The van der Waals surface area contributed by atoms with E-state index >= 15 is 0 Å². The Hall–Kier alpha value is -2.59. The molecule has 30 heavy (non-hydrogen) atoms. The van der Waals surface area contributed by atoms with Crippen LogP contribution >= 0.6 is 11.6 Å². The number of hydrogen-bond donors (Lipinski definition) is 0. The van der Waals surface area contributed by atoms with Crippen molar-refractivity contribution in [1.29, 1.82) is 0 Å². The molecule has 3 aromatic rings. The highest BCUT2D eigenvalue weighted by Gasteiger charge is 2.33. The van der Waals surface area contributed by atoms with Crippen molar-refractivity contribution in [3.8, 4) is 0 Å². The summed E-state index contributed by atoms with van der Waals surface area (Å²) < 4.78 is 27.3. The minimum atomic E-state index is -3.95. The zero-order chi connectivity index (χ0) is 21.3. The zero-order valence-corrected chi connectivity index (χ0v) is 17.5. The van der Waals surface area contributed by atoms with Crippen molar-refractivity contribution in [2.45, 2.75) is 11.4 Å². The van der Waals surface area contributed by atoms with Crippen molar-refractivity contribution < 1.29 is 13.3 Å². The summed E-state index contributed by atoms with van der Waals surface area (Å²) in [4.78, 5) is 16.9. The molecule has 0 spiro atoms. The van der Waals surface area contributed by atoms with Crippen LogP contribution in [-0.2, 0) is 16.6 Å². The summed E-state index contributed by atoms with van der Waals surface area (Å²) >= 11 is 6.41. The van der Waals surface area contributed by atoms with E-state index in [2.05, 4.69) is 9.88 Å². The first-order chi connectivity index (χ1) is 14.4. The molecule has 0 N–H and O–H groups in total. The van der Waals surface area contributed by atoms with Crippen molar-refractivity contribution in [3.63, 3.8) is 0 Å². The number of rotatable bonds is 5. The molecular formula is C20H19ClN4O4S. The molecule has 8 nitrogen and oxygen atoms in total. The third kappa shape index (κ3) is 3.89. The maximum Gasteiger partial charge on any atom is 0.289 e. The summed E-state index contributed by atoms with van der Waals surface area (Å²) in [7, 11) is -3.95. The lowest BCUT2D eigenvalue weighted by Crippen LogP contribution is -2.48. The Balaban J connectivity index is 1.51. The number of para-hydroxylation sites is 1. The Kier molecular flexibility index (Phi) is 5.70. The SMILES string of the molecule is O=[N+]([O-])c1ccccc1S(=O)(=O)N1CCN(Cc2c(Cl)ccc3cccnc23)CC1. The molecule has 0 bridgehead atoms. The quantitative estimate of drug-likeness (QED) is 0.440. The molecule has 0 atom stereocenters. The largest absolute Gasteiger partial charge is 0.296 e. The van der Waals surface area contributed by atoms with E-state index in [1.165, 1.54) is 28.6 Å². The number of aromatic nitrogens is 1. The number of halogens is 1. The molecule has 1 aromatic heterocycles. The monoisotopic (exact) mass is 446 g/mol. The first-order valence-electron chi connectivity index (χ1n) is 9.36. The van der Waals surface area contributed by atoms with Crippen LogP contribution in [0.2, 0.25) is 5.02 Å². The number of hydrogen-bond acceptors (Lipinski definition) is 6. The number of nitro benzene ring substituents is 1. The molecule has 0 radical (unpaired) electrons. The van der Waals surface area contributed by atoms with Gasteiger partial charge in [-0.1, -0.05) is 35.9 Å². The van der Waals surface area contributed by atoms with Crippen LogP contribution in [0.15, 0.2) is 59.6 Å². The number of nitrogens with zero attached hydrogens (tertiary/aromatic N) is 4. The van der Waals surface area contributed by atoms with Gasteiger partial charge in [-0.2, -0.15) is 4.31 Å². The molecule has 0 amide bonds. The van der Waals surface area contributed by atoms with Crippen molar-refractivity contribution in [2.75, 3.05) is 26.2 Å². The molecule has 0 saturated carbocycles. The molecule has 0 aliphatic carbocycles. The molecule has 4 rings (SSSR count). The maximum atomic E-state index is 13.0. The summed E-state index contributed by atoms with van der Waals surface area (Å²) in [5.41, 5.74) is 1.33. The van der Waals surface area contributed by atoms with E-state index < -0.39 is 20.6 Å². The molecule has 2 aromatic carbocycles. The van der Waals surface area contributed by atoms with Crippen LogP contribution in [0.3, 0.4) is 0 Å². The number of fused-ring (bicyclic) bond motifs is 1. The Morgan fingerprint density at radius 1 is 1.03 bits per heavy atom. The molecule has 10 heteroatoms. The summed E-state index contributed by atoms with van der Waals surface area (Å²) in [5.74, 6) is 0. The average molecular weight is 447 g/mol. The lowest BCUT2D eigenvalue weighted by atomic mass is 10.1. The lowest BCUT2D eigenvalue weighted by molar-refractivity contribution is -0.387. The van der Waals surface area contributed by atoms with Crippen molar-refractivity contribution in [3.05, 3.63) is 75.4 Å². The van der Waals surface area contributed by atoms with Crippen molar-refractivity contribution in [1.82, 2.24) is 14.2 Å². The smallest absolute Gasteiger partial charge is 0.289 e. The zero-order valence-electron chi connectivity index (χ0n) is 15.9. The molecular weight excluding hydrogens is 428 g/mol. The molecule has 156 valence electrons. The van der Waals surface area contributed by atoms with E-state index in [1.807, 2.05) is 24.3 Å². The summed E-state index contributed by atoms with van der Waals surface area (Å²) in [6.07, 6.45) is 1.72.